The van der Waals surface area contributed by atoms with Crippen LogP contribution in [0.2, 0.25) is 0 Å². The highest BCUT2D eigenvalue weighted by Gasteiger charge is 2.18. The molecular weight excluding hydrogens is 408 g/mol. The fourth-order valence-electron chi connectivity index (χ4n) is 3.78. The van der Waals surface area contributed by atoms with Crippen LogP contribution in [0.1, 0.15) is 29.2 Å². The zero-order valence-corrected chi connectivity index (χ0v) is 18.6. The Labute approximate surface area is 185 Å². The van der Waals surface area contributed by atoms with E-state index in [1.807, 2.05) is 67.9 Å². The van der Waals surface area contributed by atoms with Crippen molar-refractivity contribution in [3.63, 3.8) is 0 Å². The third-order valence-corrected chi connectivity index (χ3v) is 5.67. The second-order valence-electron chi connectivity index (χ2n) is 7.72. The van der Waals surface area contributed by atoms with Crippen LogP contribution in [0.3, 0.4) is 0 Å². The number of carbonyl (C=O) groups excluding carboxylic acids is 1. The number of nitrogens with zero attached hydrogens (tertiary/aromatic N) is 3. The highest BCUT2D eigenvalue weighted by Crippen LogP contribution is 2.29. The van der Waals surface area contributed by atoms with Gasteiger partial charge < -0.3 is 19.0 Å². The van der Waals surface area contributed by atoms with Gasteiger partial charge >= 0.3 is 0 Å². The van der Waals surface area contributed by atoms with E-state index in [9.17, 15) is 9.59 Å². The van der Waals surface area contributed by atoms with Gasteiger partial charge in [-0.15, -0.1) is 0 Å². The SMILES string of the molecule is COc1ccccc1-c1cc2n(C)c(C)c(CCC(=O)NCc3ccc(C)o3)c(=O)n2n1. The number of carbonyl (C=O) groups is 1. The maximum Gasteiger partial charge on any atom is 0.277 e. The van der Waals surface area contributed by atoms with E-state index in [1.54, 1.807) is 7.11 Å². The monoisotopic (exact) mass is 434 g/mol. The van der Waals surface area contributed by atoms with Gasteiger partial charge in [-0.3, -0.25) is 9.59 Å². The molecule has 3 aromatic heterocycles. The van der Waals surface area contributed by atoms with Crippen LogP contribution < -0.4 is 15.6 Å². The van der Waals surface area contributed by atoms with Gasteiger partial charge in [0.05, 0.1) is 19.3 Å². The summed E-state index contributed by atoms with van der Waals surface area (Å²) < 4.78 is 14.2. The molecule has 8 heteroatoms. The number of amides is 1. The minimum Gasteiger partial charge on any atom is -0.496 e. The fraction of sp³-hybridized carbons (Fsp3) is 0.292. The molecule has 0 aliphatic heterocycles. The first kappa shape index (κ1) is 21.4. The van der Waals surface area contributed by atoms with Crippen molar-refractivity contribution in [1.29, 1.82) is 0 Å². The second kappa shape index (κ2) is 8.74. The number of rotatable bonds is 7. The molecule has 1 N–H and O–H groups in total. The van der Waals surface area contributed by atoms with Gasteiger partial charge in [-0.2, -0.15) is 9.61 Å². The molecule has 3 heterocycles. The van der Waals surface area contributed by atoms with Crippen molar-refractivity contribution in [3.8, 4) is 17.0 Å². The summed E-state index contributed by atoms with van der Waals surface area (Å²) in [7, 11) is 3.49. The molecule has 0 aliphatic carbocycles. The molecule has 166 valence electrons. The van der Waals surface area contributed by atoms with E-state index in [0.717, 1.165) is 17.0 Å². The number of benzene rings is 1. The molecule has 0 aliphatic rings. The first-order valence-electron chi connectivity index (χ1n) is 10.4. The van der Waals surface area contributed by atoms with Crippen LogP contribution in [-0.4, -0.2) is 27.2 Å². The van der Waals surface area contributed by atoms with Gasteiger partial charge in [-0.1, -0.05) is 12.1 Å². The quantitative estimate of drug-likeness (QED) is 0.483. The van der Waals surface area contributed by atoms with Crippen LogP contribution in [0, 0.1) is 13.8 Å². The number of methoxy groups -OCH3 is 1. The Hall–Kier alpha value is -3.81. The molecule has 1 amide bonds. The average Bonchev–Trinajstić information content (AvgIpc) is 3.43. The van der Waals surface area contributed by atoms with Gasteiger partial charge in [0, 0.05) is 36.4 Å². The van der Waals surface area contributed by atoms with Crippen molar-refractivity contribution in [2.75, 3.05) is 7.11 Å². The van der Waals surface area contributed by atoms with E-state index in [4.69, 9.17) is 9.15 Å². The molecule has 0 spiro atoms. The molecule has 1 aromatic carbocycles. The third kappa shape index (κ3) is 4.03. The minimum atomic E-state index is -0.216. The number of nitrogens with one attached hydrogen (secondary N) is 1. The predicted molar refractivity (Wildman–Crippen MR) is 121 cm³/mol. The zero-order valence-electron chi connectivity index (χ0n) is 18.6. The van der Waals surface area contributed by atoms with Crippen molar-refractivity contribution in [2.45, 2.75) is 33.2 Å². The Morgan fingerprint density at radius 3 is 2.69 bits per heavy atom. The standard InChI is InChI=1S/C24H26N4O4/c1-15-9-10-17(32-15)14-25-22(29)12-11-18-16(2)27(3)23-13-20(26-28(23)24(18)30)19-7-5-6-8-21(19)31-4/h5-10,13H,11-12,14H2,1-4H3,(H,25,29). The van der Waals surface area contributed by atoms with Crippen molar-refractivity contribution in [1.82, 2.24) is 19.5 Å². The second-order valence-corrected chi connectivity index (χ2v) is 7.72. The number of hydrogen-bond donors (Lipinski definition) is 1. The predicted octanol–water partition coefficient (Wildman–Crippen LogP) is 3.17. The summed E-state index contributed by atoms with van der Waals surface area (Å²) in [6.07, 6.45) is 0.517. The van der Waals surface area contributed by atoms with Gasteiger partial charge in [-0.25, -0.2) is 0 Å². The van der Waals surface area contributed by atoms with E-state index in [1.165, 1.54) is 4.52 Å². The van der Waals surface area contributed by atoms with Crippen LogP contribution in [0.15, 0.2) is 51.7 Å². The van der Waals surface area contributed by atoms with E-state index in [2.05, 4.69) is 10.4 Å². The van der Waals surface area contributed by atoms with Gasteiger partial charge in [0.15, 0.2) is 0 Å². The minimum absolute atomic E-state index is 0.143. The van der Waals surface area contributed by atoms with E-state index < -0.39 is 0 Å². The Balaban J connectivity index is 1.58. The number of fused-ring (bicyclic) bond motifs is 1. The zero-order chi connectivity index (χ0) is 22.8. The highest BCUT2D eigenvalue weighted by molar-refractivity contribution is 5.76. The van der Waals surface area contributed by atoms with Crippen LogP contribution in [-0.2, 0) is 24.8 Å². The maximum absolute atomic E-state index is 13.2. The molecular formula is C24H26N4O4. The molecule has 4 aromatic rings. The highest BCUT2D eigenvalue weighted by atomic mass is 16.5. The molecule has 0 bridgehead atoms. The molecule has 32 heavy (non-hydrogen) atoms. The molecule has 0 fully saturated rings. The summed E-state index contributed by atoms with van der Waals surface area (Å²) in [5.41, 5.74) is 3.30. The molecule has 4 rings (SSSR count). The first-order valence-corrected chi connectivity index (χ1v) is 10.4. The van der Waals surface area contributed by atoms with Crippen LogP contribution >= 0.6 is 0 Å². The number of furan rings is 1. The molecule has 8 nitrogen and oxygen atoms in total. The van der Waals surface area contributed by atoms with E-state index >= 15 is 0 Å². The molecule has 0 saturated heterocycles. The normalized spacial score (nSPS) is 11.1. The summed E-state index contributed by atoms with van der Waals surface area (Å²) in [6, 6.07) is 13.1. The lowest BCUT2D eigenvalue weighted by atomic mass is 10.1. The largest absolute Gasteiger partial charge is 0.496 e. The summed E-state index contributed by atoms with van der Waals surface area (Å²) >= 11 is 0. The molecule has 0 atom stereocenters. The van der Waals surface area contributed by atoms with Crippen LogP contribution in [0.4, 0.5) is 0 Å². The van der Waals surface area contributed by atoms with E-state index in [0.29, 0.717) is 41.4 Å². The van der Waals surface area contributed by atoms with Crippen molar-refractivity contribution in [2.24, 2.45) is 7.05 Å². The Bertz CT molecular complexity index is 1350. The Kier molecular flexibility index (Phi) is 5.85. The van der Waals surface area contributed by atoms with Gasteiger partial charge in [0.25, 0.3) is 5.56 Å². The lowest BCUT2D eigenvalue weighted by molar-refractivity contribution is -0.121. The molecule has 0 saturated carbocycles. The molecule has 0 unspecified atom stereocenters. The number of aryl methyl sites for hydroxylation is 2. The van der Waals surface area contributed by atoms with Crippen molar-refractivity contribution < 1.29 is 13.9 Å². The third-order valence-electron chi connectivity index (χ3n) is 5.67. The topological polar surface area (TPSA) is 90.8 Å². The van der Waals surface area contributed by atoms with Crippen molar-refractivity contribution in [3.05, 3.63) is 75.6 Å². The maximum atomic E-state index is 13.2. The Morgan fingerprint density at radius 1 is 1.19 bits per heavy atom. The number of para-hydroxylation sites is 1. The molecule has 0 radical (unpaired) electrons. The van der Waals surface area contributed by atoms with Crippen LogP contribution in [0.5, 0.6) is 5.75 Å². The Morgan fingerprint density at radius 2 is 1.97 bits per heavy atom. The lowest BCUT2D eigenvalue weighted by Crippen LogP contribution is -2.27. The van der Waals surface area contributed by atoms with Gasteiger partial charge in [0.1, 0.15) is 22.9 Å². The van der Waals surface area contributed by atoms with Gasteiger partial charge in [-0.05, 0) is 44.5 Å². The summed E-state index contributed by atoms with van der Waals surface area (Å²) in [4.78, 5) is 25.5. The van der Waals surface area contributed by atoms with E-state index in [-0.39, 0.29) is 17.9 Å². The van der Waals surface area contributed by atoms with Gasteiger partial charge in [0.2, 0.25) is 5.91 Å². The summed E-state index contributed by atoms with van der Waals surface area (Å²) in [6.45, 7) is 4.06. The average molecular weight is 434 g/mol. The number of hydrogen-bond acceptors (Lipinski definition) is 5. The smallest absolute Gasteiger partial charge is 0.277 e. The number of aromatic nitrogens is 3. The van der Waals surface area contributed by atoms with Crippen LogP contribution in [0.25, 0.3) is 16.9 Å². The number of ether oxygens (including phenoxy) is 1. The summed E-state index contributed by atoms with van der Waals surface area (Å²) in [5, 5.41) is 7.38. The van der Waals surface area contributed by atoms with Crippen molar-refractivity contribution >= 4 is 11.6 Å². The summed E-state index contributed by atoms with van der Waals surface area (Å²) in [5.74, 6) is 2.04. The lowest BCUT2D eigenvalue weighted by Gasteiger charge is -2.12. The fourth-order valence-corrected chi connectivity index (χ4v) is 3.78. The first-order chi connectivity index (χ1) is 15.4.